The molecule has 5 nitrogen and oxygen atoms in total. The molecule has 0 fully saturated rings. The molecule has 140 valence electrons. The minimum Gasteiger partial charge on any atom is -0.496 e. The molecule has 0 unspecified atom stereocenters. The predicted molar refractivity (Wildman–Crippen MR) is 106 cm³/mol. The van der Waals surface area contributed by atoms with Crippen molar-refractivity contribution in [3.05, 3.63) is 53.9 Å². The number of ether oxygens (including phenoxy) is 1. The SMILES string of the molecule is CCCN(CCC)c1cncc(C(=O)NCCc2ccccc2OC)c1. The summed E-state index contributed by atoms with van der Waals surface area (Å²) in [5.74, 6) is 0.752. The van der Waals surface area contributed by atoms with Crippen molar-refractivity contribution in [1.82, 2.24) is 10.3 Å². The lowest BCUT2D eigenvalue weighted by atomic mass is 10.1. The van der Waals surface area contributed by atoms with Crippen molar-refractivity contribution in [1.29, 1.82) is 0 Å². The van der Waals surface area contributed by atoms with Crippen LogP contribution in [0.5, 0.6) is 5.75 Å². The Morgan fingerprint density at radius 3 is 2.58 bits per heavy atom. The number of benzene rings is 1. The average molecular weight is 355 g/mol. The van der Waals surface area contributed by atoms with Crippen molar-refractivity contribution >= 4 is 11.6 Å². The fourth-order valence-corrected chi connectivity index (χ4v) is 2.96. The van der Waals surface area contributed by atoms with Crippen molar-refractivity contribution < 1.29 is 9.53 Å². The lowest BCUT2D eigenvalue weighted by molar-refractivity contribution is 0.0953. The van der Waals surface area contributed by atoms with E-state index >= 15 is 0 Å². The van der Waals surface area contributed by atoms with Crippen LogP contribution in [0.3, 0.4) is 0 Å². The van der Waals surface area contributed by atoms with Crippen LogP contribution in [-0.2, 0) is 6.42 Å². The quantitative estimate of drug-likeness (QED) is 0.706. The van der Waals surface area contributed by atoms with Gasteiger partial charge in [0.2, 0.25) is 0 Å². The standard InChI is InChI=1S/C21H29N3O2/c1-4-12-24(13-5-2)19-14-18(15-22-16-19)21(25)23-11-10-17-8-6-7-9-20(17)26-3/h6-9,14-16H,4-5,10-13H2,1-3H3,(H,23,25). The number of hydrogen-bond acceptors (Lipinski definition) is 4. The maximum Gasteiger partial charge on any atom is 0.252 e. The number of nitrogens with zero attached hydrogens (tertiary/aromatic N) is 2. The van der Waals surface area contributed by atoms with Gasteiger partial charge in [0, 0.05) is 25.8 Å². The van der Waals surface area contributed by atoms with Gasteiger partial charge in [0.25, 0.3) is 5.91 Å². The van der Waals surface area contributed by atoms with Crippen LogP contribution in [0.15, 0.2) is 42.7 Å². The van der Waals surface area contributed by atoms with Crippen molar-refractivity contribution in [2.24, 2.45) is 0 Å². The van der Waals surface area contributed by atoms with Crippen LogP contribution < -0.4 is 15.0 Å². The summed E-state index contributed by atoms with van der Waals surface area (Å²) in [5.41, 5.74) is 2.69. The Hall–Kier alpha value is -2.56. The van der Waals surface area contributed by atoms with Crippen molar-refractivity contribution in [3.8, 4) is 5.75 Å². The summed E-state index contributed by atoms with van der Waals surface area (Å²) in [6.07, 6.45) is 6.31. The van der Waals surface area contributed by atoms with Gasteiger partial charge < -0.3 is 15.0 Å². The van der Waals surface area contributed by atoms with E-state index in [4.69, 9.17) is 4.74 Å². The summed E-state index contributed by atoms with van der Waals surface area (Å²) in [7, 11) is 1.66. The number of pyridine rings is 1. The molecule has 1 aromatic heterocycles. The summed E-state index contributed by atoms with van der Waals surface area (Å²) in [6, 6.07) is 9.79. The number of nitrogens with one attached hydrogen (secondary N) is 1. The molecule has 1 aromatic carbocycles. The van der Waals surface area contributed by atoms with Gasteiger partial charge in [-0.3, -0.25) is 9.78 Å². The van der Waals surface area contributed by atoms with Crippen LogP contribution in [0.2, 0.25) is 0 Å². The zero-order valence-corrected chi connectivity index (χ0v) is 16.0. The normalized spacial score (nSPS) is 10.4. The number of aromatic nitrogens is 1. The molecule has 0 aliphatic carbocycles. The van der Waals surface area contributed by atoms with Crippen LogP contribution in [0.4, 0.5) is 5.69 Å². The van der Waals surface area contributed by atoms with Gasteiger partial charge in [0.1, 0.15) is 5.75 Å². The molecular formula is C21H29N3O2. The molecule has 0 saturated carbocycles. The molecule has 26 heavy (non-hydrogen) atoms. The molecule has 1 amide bonds. The molecular weight excluding hydrogens is 326 g/mol. The maximum atomic E-state index is 12.5. The summed E-state index contributed by atoms with van der Waals surface area (Å²) in [4.78, 5) is 19.0. The highest BCUT2D eigenvalue weighted by Crippen LogP contribution is 2.18. The number of para-hydroxylation sites is 1. The summed E-state index contributed by atoms with van der Waals surface area (Å²) in [5, 5.41) is 2.98. The largest absolute Gasteiger partial charge is 0.496 e. The molecule has 0 radical (unpaired) electrons. The van der Waals surface area contributed by atoms with Gasteiger partial charge in [0.15, 0.2) is 0 Å². The topological polar surface area (TPSA) is 54.5 Å². The van der Waals surface area contributed by atoms with Gasteiger partial charge in [-0.25, -0.2) is 0 Å². The molecule has 5 heteroatoms. The number of hydrogen-bond donors (Lipinski definition) is 1. The maximum absolute atomic E-state index is 12.5. The van der Waals surface area contributed by atoms with Gasteiger partial charge in [-0.15, -0.1) is 0 Å². The monoisotopic (exact) mass is 355 g/mol. The minimum absolute atomic E-state index is 0.0952. The molecule has 0 saturated heterocycles. The molecule has 1 heterocycles. The van der Waals surface area contributed by atoms with Crippen molar-refractivity contribution in [2.75, 3.05) is 31.6 Å². The van der Waals surface area contributed by atoms with E-state index in [1.54, 1.807) is 13.3 Å². The first-order valence-corrected chi connectivity index (χ1v) is 9.29. The summed E-state index contributed by atoms with van der Waals surface area (Å²) < 4.78 is 5.35. The zero-order chi connectivity index (χ0) is 18.8. The second-order valence-corrected chi connectivity index (χ2v) is 6.24. The van der Waals surface area contributed by atoms with Gasteiger partial charge in [0.05, 0.1) is 24.6 Å². The smallest absolute Gasteiger partial charge is 0.252 e. The molecule has 0 atom stereocenters. The molecule has 0 aliphatic rings. The van der Waals surface area contributed by atoms with Crippen molar-refractivity contribution in [3.63, 3.8) is 0 Å². The Bertz CT molecular complexity index is 697. The third-order valence-electron chi connectivity index (χ3n) is 4.21. The van der Waals surface area contributed by atoms with Crippen LogP contribution in [0.1, 0.15) is 42.6 Å². The Balaban J connectivity index is 1.98. The van der Waals surface area contributed by atoms with E-state index in [1.807, 2.05) is 36.5 Å². The number of anilines is 1. The molecule has 0 bridgehead atoms. The summed E-state index contributed by atoms with van der Waals surface area (Å²) in [6.45, 7) is 6.80. The molecule has 1 N–H and O–H groups in total. The van der Waals surface area contributed by atoms with Crippen molar-refractivity contribution in [2.45, 2.75) is 33.1 Å². The number of methoxy groups -OCH3 is 1. The number of rotatable bonds is 10. The molecule has 2 rings (SSSR count). The van der Waals surface area contributed by atoms with Gasteiger partial charge in [-0.2, -0.15) is 0 Å². The highest BCUT2D eigenvalue weighted by atomic mass is 16.5. The molecule has 0 spiro atoms. The van der Waals surface area contributed by atoms with E-state index in [9.17, 15) is 4.79 Å². The highest BCUT2D eigenvalue weighted by molar-refractivity contribution is 5.94. The Labute approximate surface area is 156 Å². The lowest BCUT2D eigenvalue weighted by Gasteiger charge is -2.23. The number of carbonyl (C=O) groups excluding carboxylic acids is 1. The Morgan fingerprint density at radius 1 is 1.15 bits per heavy atom. The van der Waals surface area contributed by atoms with Crippen LogP contribution in [-0.4, -0.2) is 37.6 Å². The van der Waals surface area contributed by atoms with Gasteiger partial charge in [-0.05, 0) is 37.0 Å². The Kier molecular flexibility index (Phi) is 7.93. The minimum atomic E-state index is -0.0952. The fourth-order valence-electron chi connectivity index (χ4n) is 2.96. The van der Waals surface area contributed by atoms with Gasteiger partial charge >= 0.3 is 0 Å². The first kappa shape index (κ1) is 19.8. The number of carbonyl (C=O) groups is 1. The highest BCUT2D eigenvalue weighted by Gasteiger charge is 2.11. The first-order chi connectivity index (χ1) is 12.7. The second kappa shape index (κ2) is 10.4. The third-order valence-corrected chi connectivity index (χ3v) is 4.21. The van der Waals surface area contributed by atoms with E-state index in [0.717, 1.165) is 49.4 Å². The Morgan fingerprint density at radius 2 is 1.88 bits per heavy atom. The molecule has 0 aliphatic heterocycles. The van der Waals surface area contributed by atoms with E-state index < -0.39 is 0 Å². The third kappa shape index (κ3) is 5.48. The number of amides is 1. The lowest BCUT2D eigenvalue weighted by Crippen LogP contribution is -2.28. The predicted octanol–water partition coefficient (Wildman–Crippen LogP) is 3.69. The van der Waals surface area contributed by atoms with Crippen LogP contribution in [0.25, 0.3) is 0 Å². The fraction of sp³-hybridized carbons (Fsp3) is 0.429. The second-order valence-electron chi connectivity index (χ2n) is 6.24. The molecule has 2 aromatic rings. The van der Waals surface area contributed by atoms with E-state index in [0.29, 0.717) is 12.1 Å². The van der Waals surface area contributed by atoms with E-state index in [1.165, 1.54) is 0 Å². The van der Waals surface area contributed by atoms with Crippen LogP contribution in [0, 0.1) is 0 Å². The van der Waals surface area contributed by atoms with Gasteiger partial charge in [-0.1, -0.05) is 32.0 Å². The van der Waals surface area contributed by atoms with E-state index in [2.05, 4.69) is 29.0 Å². The average Bonchev–Trinajstić information content (AvgIpc) is 2.68. The first-order valence-electron chi connectivity index (χ1n) is 9.29. The zero-order valence-electron chi connectivity index (χ0n) is 16.0. The summed E-state index contributed by atoms with van der Waals surface area (Å²) >= 11 is 0. The van der Waals surface area contributed by atoms with Crippen LogP contribution >= 0.6 is 0 Å². The van der Waals surface area contributed by atoms with E-state index in [-0.39, 0.29) is 5.91 Å².